The van der Waals surface area contributed by atoms with Gasteiger partial charge in [0, 0.05) is 12.1 Å². The van der Waals surface area contributed by atoms with Gasteiger partial charge in [-0.3, -0.25) is 10.1 Å². The van der Waals surface area contributed by atoms with Crippen LogP contribution in [0.2, 0.25) is 0 Å². The number of rotatable bonds is 5. The summed E-state index contributed by atoms with van der Waals surface area (Å²) in [7, 11) is 0.833. The molecule has 2 N–H and O–H groups in total. The van der Waals surface area contributed by atoms with E-state index < -0.39 is 40.5 Å². The molecule has 2 aromatic heterocycles. The minimum absolute atomic E-state index is 0.153. The quantitative estimate of drug-likeness (QED) is 0.241. The average molecular weight is 510 g/mol. The number of amides is 1. The predicted octanol–water partition coefficient (Wildman–Crippen LogP) is 3.53. The molecule has 0 saturated carbocycles. The fourth-order valence-electron chi connectivity index (χ4n) is 2.98. The molecule has 0 aliphatic heterocycles. The van der Waals surface area contributed by atoms with Crippen LogP contribution in [-0.2, 0) is 6.54 Å². The predicted molar refractivity (Wildman–Crippen MR) is 119 cm³/mol. The van der Waals surface area contributed by atoms with Gasteiger partial charge in [-0.2, -0.15) is 18.4 Å². The van der Waals surface area contributed by atoms with Crippen molar-refractivity contribution in [3.05, 3.63) is 64.5 Å². The lowest BCUT2D eigenvalue weighted by Crippen LogP contribution is -2.39. The molecule has 14 heteroatoms. The second kappa shape index (κ2) is 9.30. The molecule has 0 saturated heterocycles. The summed E-state index contributed by atoms with van der Waals surface area (Å²) in [6.07, 6.45) is 0. The highest BCUT2D eigenvalue weighted by Crippen LogP contribution is 2.30. The SMILES string of the molecule is COc1c(F)c(F)c(C(=O)NC(=S)NCc2ccc(-c3nn4c(C)nnc4s3)cc2)c(F)c1F. The largest absolute Gasteiger partial charge is 0.491 e. The number of halogens is 4. The van der Waals surface area contributed by atoms with E-state index in [0.717, 1.165) is 23.2 Å². The molecule has 4 aromatic rings. The van der Waals surface area contributed by atoms with Crippen LogP contribution in [0.1, 0.15) is 21.7 Å². The maximum atomic E-state index is 14.1. The Balaban J connectivity index is 1.40. The molecule has 0 fully saturated rings. The topological polar surface area (TPSA) is 93.4 Å². The Morgan fingerprint density at radius 3 is 2.32 bits per heavy atom. The Kier molecular flexibility index (Phi) is 6.43. The summed E-state index contributed by atoms with van der Waals surface area (Å²) >= 11 is 6.33. The number of methoxy groups -OCH3 is 1. The van der Waals surface area contributed by atoms with E-state index in [0.29, 0.717) is 10.8 Å². The van der Waals surface area contributed by atoms with Gasteiger partial charge in [0.25, 0.3) is 5.91 Å². The molecule has 34 heavy (non-hydrogen) atoms. The number of fused-ring (bicyclic) bond motifs is 1. The van der Waals surface area contributed by atoms with Crippen molar-refractivity contribution >= 4 is 39.5 Å². The number of hydrogen-bond donors (Lipinski definition) is 2. The van der Waals surface area contributed by atoms with Crippen LogP contribution >= 0.6 is 23.6 Å². The van der Waals surface area contributed by atoms with E-state index in [1.165, 1.54) is 11.3 Å². The van der Waals surface area contributed by atoms with Gasteiger partial charge in [-0.05, 0) is 24.7 Å². The first-order valence-corrected chi connectivity index (χ1v) is 10.7. The van der Waals surface area contributed by atoms with E-state index in [9.17, 15) is 22.4 Å². The molecule has 0 aliphatic carbocycles. The molecular formula is C20H14F4N6O2S2. The van der Waals surface area contributed by atoms with E-state index in [-0.39, 0.29) is 11.7 Å². The lowest BCUT2D eigenvalue weighted by atomic mass is 10.1. The van der Waals surface area contributed by atoms with Crippen molar-refractivity contribution in [2.24, 2.45) is 0 Å². The summed E-state index contributed by atoms with van der Waals surface area (Å²) in [5.74, 6) is -9.50. The van der Waals surface area contributed by atoms with Crippen molar-refractivity contribution in [1.29, 1.82) is 0 Å². The number of hydrogen-bond acceptors (Lipinski definition) is 7. The number of ether oxygens (including phenoxy) is 1. The van der Waals surface area contributed by atoms with Gasteiger partial charge in [0.2, 0.25) is 16.6 Å². The highest BCUT2D eigenvalue weighted by molar-refractivity contribution is 7.80. The zero-order valence-corrected chi connectivity index (χ0v) is 19.1. The third kappa shape index (κ3) is 4.28. The van der Waals surface area contributed by atoms with E-state index in [4.69, 9.17) is 12.2 Å². The van der Waals surface area contributed by atoms with Gasteiger partial charge in [0.15, 0.2) is 28.3 Å². The smallest absolute Gasteiger partial charge is 0.263 e. The number of carbonyl (C=O) groups excluding carboxylic acids is 1. The molecule has 0 unspecified atom stereocenters. The number of thiocarbonyl (C=S) groups is 1. The molecule has 2 heterocycles. The minimum atomic E-state index is -1.90. The van der Waals surface area contributed by atoms with Crippen molar-refractivity contribution in [2.45, 2.75) is 13.5 Å². The monoisotopic (exact) mass is 510 g/mol. The van der Waals surface area contributed by atoms with Crippen LogP contribution in [0, 0.1) is 30.2 Å². The van der Waals surface area contributed by atoms with Crippen LogP contribution in [-0.4, -0.2) is 37.9 Å². The maximum Gasteiger partial charge on any atom is 0.263 e. The van der Waals surface area contributed by atoms with Crippen molar-refractivity contribution in [3.8, 4) is 16.3 Å². The summed E-state index contributed by atoms with van der Waals surface area (Å²) in [6.45, 7) is 1.95. The summed E-state index contributed by atoms with van der Waals surface area (Å²) < 4.78 is 61.8. The van der Waals surface area contributed by atoms with Gasteiger partial charge in [-0.1, -0.05) is 35.6 Å². The van der Waals surface area contributed by atoms with Gasteiger partial charge in [-0.15, -0.1) is 10.2 Å². The Bertz CT molecular complexity index is 1390. The van der Waals surface area contributed by atoms with Crippen molar-refractivity contribution in [3.63, 3.8) is 0 Å². The number of nitrogens with zero attached hydrogens (tertiary/aromatic N) is 4. The Morgan fingerprint density at radius 2 is 1.74 bits per heavy atom. The third-order valence-corrected chi connectivity index (χ3v) is 5.88. The van der Waals surface area contributed by atoms with Gasteiger partial charge in [0.05, 0.1) is 7.11 Å². The summed E-state index contributed by atoms with van der Waals surface area (Å²) in [6, 6.07) is 7.23. The molecule has 1 amide bonds. The average Bonchev–Trinajstić information content (AvgIpc) is 3.39. The van der Waals surface area contributed by atoms with E-state index in [2.05, 4.69) is 25.3 Å². The molecule has 2 aromatic carbocycles. The van der Waals surface area contributed by atoms with Crippen LogP contribution in [0.15, 0.2) is 24.3 Å². The molecule has 4 rings (SSSR count). The molecule has 8 nitrogen and oxygen atoms in total. The first-order chi connectivity index (χ1) is 16.2. The number of carbonyl (C=O) groups is 1. The number of aryl methyl sites for hydroxylation is 1. The molecule has 0 atom stereocenters. The van der Waals surface area contributed by atoms with Gasteiger partial charge in [-0.25, -0.2) is 8.78 Å². The van der Waals surface area contributed by atoms with Crippen LogP contribution in [0.25, 0.3) is 15.5 Å². The summed E-state index contributed by atoms with van der Waals surface area (Å²) in [5, 5.41) is 17.5. The van der Waals surface area contributed by atoms with Crippen LogP contribution in [0.4, 0.5) is 17.6 Å². The molecule has 0 radical (unpaired) electrons. The lowest BCUT2D eigenvalue weighted by molar-refractivity contribution is 0.0965. The van der Waals surface area contributed by atoms with Crippen LogP contribution in [0.3, 0.4) is 0 Å². The molecule has 0 bridgehead atoms. The van der Waals surface area contributed by atoms with Gasteiger partial charge >= 0.3 is 0 Å². The lowest BCUT2D eigenvalue weighted by Gasteiger charge is -2.13. The minimum Gasteiger partial charge on any atom is -0.491 e. The van der Waals surface area contributed by atoms with Crippen molar-refractivity contribution in [1.82, 2.24) is 30.4 Å². The highest BCUT2D eigenvalue weighted by atomic mass is 32.1. The molecule has 0 spiro atoms. The van der Waals surface area contributed by atoms with Gasteiger partial charge in [0.1, 0.15) is 10.6 Å². The number of nitrogens with one attached hydrogen (secondary N) is 2. The van der Waals surface area contributed by atoms with E-state index in [1.807, 2.05) is 17.4 Å². The van der Waals surface area contributed by atoms with E-state index >= 15 is 0 Å². The maximum absolute atomic E-state index is 14.1. The Labute approximate surface area is 198 Å². The zero-order chi connectivity index (χ0) is 24.6. The molecule has 176 valence electrons. The molecule has 0 aliphatic rings. The fraction of sp³-hybridized carbons (Fsp3) is 0.150. The second-order valence-electron chi connectivity index (χ2n) is 6.85. The first kappa shape index (κ1) is 23.5. The van der Waals surface area contributed by atoms with Gasteiger partial charge < -0.3 is 10.1 Å². The highest BCUT2D eigenvalue weighted by Gasteiger charge is 2.30. The summed E-state index contributed by atoms with van der Waals surface area (Å²) in [4.78, 5) is 12.8. The standard InChI is InChI=1S/C20H14F4N6O2S2/c1-8-27-28-20-30(8)29-18(34-20)10-5-3-9(4-6-10)7-25-19(33)26-17(31)11-12(21)14(23)16(32-2)15(24)13(11)22/h3-6H,7H2,1-2H3,(H2,25,26,31,33). The Hall–Kier alpha value is -3.65. The summed E-state index contributed by atoms with van der Waals surface area (Å²) in [5.41, 5.74) is 0.159. The second-order valence-corrected chi connectivity index (χ2v) is 8.21. The van der Waals surface area contributed by atoms with Crippen molar-refractivity contribution < 1.29 is 27.1 Å². The van der Waals surface area contributed by atoms with E-state index in [1.54, 1.807) is 23.6 Å². The van der Waals surface area contributed by atoms with Crippen molar-refractivity contribution in [2.75, 3.05) is 7.11 Å². The first-order valence-electron chi connectivity index (χ1n) is 9.48. The molecular weight excluding hydrogens is 496 g/mol. The zero-order valence-electron chi connectivity index (χ0n) is 17.5. The number of benzene rings is 2. The normalized spacial score (nSPS) is 11.0. The third-order valence-electron chi connectivity index (χ3n) is 4.68. The Morgan fingerprint density at radius 1 is 1.09 bits per heavy atom. The fourth-order valence-corrected chi connectivity index (χ4v) is 4.03. The van der Waals surface area contributed by atoms with Crippen LogP contribution < -0.4 is 15.4 Å². The van der Waals surface area contributed by atoms with Crippen LogP contribution in [0.5, 0.6) is 5.75 Å². The number of aromatic nitrogens is 4.